The Labute approximate surface area is 174 Å². The standard InChI is InChI=1S/C21H26ClN3O4/c1-11(29-19(27)16-3-2-15(22)7-17(16)23)18(26)24-20(28)25-21-8-12-4-13(9-21)6-14(5-12)10-21/h2-3,7,11-14H,4-6,8-10,23H2,1H3,(H2,24,25,26,28)/t11-,12?,13?,14?,21?/m0/s1. The molecule has 5 rings (SSSR count). The molecule has 4 bridgehead atoms. The van der Waals surface area contributed by atoms with Gasteiger partial charge in [0.2, 0.25) is 0 Å². The van der Waals surface area contributed by atoms with E-state index in [2.05, 4.69) is 10.6 Å². The van der Waals surface area contributed by atoms with Crippen LogP contribution < -0.4 is 16.4 Å². The Morgan fingerprint density at radius 2 is 1.72 bits per heavy atom. The molecule has 4 fully saturated rings. The zero-order chi connectivity index (χ0) is 20.8. The predicted octanol–water partition coefficient (Wildman–Crippen LogP) is 3.26. The Morgan fingerprint density at radius 3 is 2.28 bits per heavy atom. The molecule has 0 heterocycles. The number of anilines is 1. The van der Waals surface area contributed by atoms with Gasteiger partial charge in [0.25, 0.3) is 5.91 Å². The number of amides is 3. The molecule has 4 aliphatic rings. The number of benzene rings is 1. The van der Waals surface area contributed by atoms with Crippen LogP contribution >= 0.6 is 11.6 Å². The predicted molar refractivity (Wildman–Crippen MR) is 108 cm³/mol. The highest BCUT2D eigenvalue weighted by Crippen LogP contribution is 2.55. The van der Waals surface area contributed by atoms with Crippen molar-refractivity contribution < 1.29 is 19.1 Å². The Morgan fingerprint density at radius 1 is 1.14 bits per heavy atom. The number of nitrogens with one attached hydrogen (secondary N) is 2. The lowest BCUT2D eigenvalue weighted by atomic mass is 9.53. The first kappa shape index (κ1) is 20.0. The zero-order valence-electron chi connectivity index (χ0n) is 16.4. The third kappa shape index (κ3) is 4.20. The highest BCUT2D eigenvalue weighted by molar-refractivity contribution is 6.31. The molecule has 0 aromatic heterocycles. The van der Waals surface area contributed by atoms with E-state index in [0.29, 0.717) is 22.8 Å². The Bertz CT molecular complexity index is 821. The first-order valence-corrected chi connectivity index (χ1v) is 10.5. The molecule has 1 aromatic rings. The van der Waals surface area contributed by atoms with E-state index in [9.17, 15) is 14.4 Å². The summed E-state index contributed by atoms with van der Waals surface area (Å²) in [5, 5.41) is 5.78. The number of halogens is 1. The number of urea groups is 1. The number of carbonyl (C=O) groups excluding carboxylic acids is 3. The number of hydrogen-bond donors (Lipinski definition) is 3. The second-order valence-electron chi connectivity index (χ2n) is 8.92. The summed E-state index contributed by atoms with van der Waals surface area (Å²) < 4.78 is 5.16. The van der Waals surface area contributed by atoms with E-state index in [1.807, 2.05) is 0 Å². The maximum absolute atomic E-state index is 12.5. The number of rotatable bonds is 4. The van der Waals surface area contributed by atoms with Crippen LogP contribution in [0.3, 0.4) is 0 Å². The number of nitrogens with two attached hydrogens (primary N) is 1. The van der Waals surface area contributed by atoms with Crippen molar-refractivity contribution in [3.05, 3.63) is 28.8 Å². The van der Waals surface area contributed by atoms with Crippen LogP contribution in [-0.2, 0) is 9.53 Å². The highest BCUT2D eigenvalue weighted by Gasteiger charge is 2.51. The third-order valence-corrected chi connectivity index (χ3v) is 6.78. The first-order chi connectivity index (χ1) is 13.7. The van der Waals surface area contributed by atoms with Crippen molar-refractivity contribution in [3.8, 4) is 0 Å². The van der Waals surface area contributed by atoms with Crippen molar-refractivity contribution in [2.45, 2.75) is 57.1 Å². The van der Waals surface area contributed by atoms with Gasteiger partial charge in [-0.25, -0.2) is 9.59 Å². The van der Waals surface area contributed by atoms with Crippen LogP contribution in [-0.4, -0.2) is 29.6 Å². The monoisotopic (exact) mass is 419 g/mol. The number of esters is 1. The van der Waals surface area contributed by atoms with Crippen molar-refractivity contribution in [1.82, 2.24) is 10.6 Å². The fourth-order valence-corrected chi connectivity index (χ4v) is 5.93. The van der Waals surface area contributed by atoms with Crippen molar-refractivity contribution >= 4 is 35.2 Å². The molecule has 1 aromatic carbocycles. The number of ether oxygens (including phenoxy) is 1. The highest BCUT2D eigenvalue weighted by atomic mass is 35.5. The SMILES string of the molecule is C[C@H](OC(=O)c1ccc(Cl)cc1N)C(=O)NC(=O)NC12CC3CC(CC(C3)C1)C2. The average molecular weight is 420 g/mol. The summed E-state index contributed by atoms with van der Waals surface area (Å²) in [5.41, 5.74) is 5.85. The molecule has 0 aliphatic heterocycles. The van der Waals surface area contributed by atoms with E-state index in [1.165, 1.54) is 44.4 Å². The number of imide groups is 1. The molecular weight excluding hydrogens is 394 g/mol. The fraction of sp³-hybridized carbons (Fsp3) is 0.571. The van der Waals surface area contributed by atoms with Gasteiger partial charge in [0, 0.05) is 16.2 Å². The van der Waals surface area contributed by atoms with Gasteiger partial charge in [0.15, 0.2) is 6.10 Å². The molecule has 4 N–H and O–H groups in total. The van der Waals surface area contributed by atoms with E-state index in [0.717, 1.165) is 19.3 Å². The van der Waals surface area contributed by atoms with Gasteiger partial charge in [-0.2, -0.15) is 0 Å². The summed E-state index contributed by atoms with van der Waals surface area (Å²) in [5.74, 6) is 0.627. The van der Waals surface area contributed by atoms with Gasteiger partial charge < -0.3 is 15.8 Å². The fourth-order valence-electron chi connectivity index (χ4n) is 5.75. The molecule has 156 valence electrons. The van der Waals surface area contributed by atoms with Crippen LogP contribution in [0.15, 0.2) is 18.2 Å². The van der Waals surface area contributed by atoms with Gasteiger partial charge in [0.1, 0.15) is 0 Å². The first-order valence-electron chi connectivity index (χ1n) is 10.1. The summed E-state index contributed by atoms with van der Waals surface area (Å²) in [6, 6.07) is 3.86. The molecule has 0 radical (unpaired) electrons. The Balaban J connectivity index is 1.31. The minimum atomic E-state index is -1.14. The van der Waals surface area contributed by atoms with Gasteiger partial charge in [-0.15, -0.1) is 0 Å². The van der Waals surface area contributed by atoms with Gasteiger partial charge >= 0.3 is 12.0 Å². The van der Waals surface area contributed by atoms with Crippen LogP contribution in [0.1, 0.15) is 55.8 Å². The van der Waals surface area contributed by atoms with Crippen molar-refractivity contribution in [2.24, 2.45) is 17.8 Å². The molecule has 8 heteroatoms. The molecule has 1 atom stereocenters. The average Bonchev–Trinajstić information content (AvgIpc) is 2.59. The van der Waals surface area contributed by atoms with Crippen molar-refractivity contribution in [2.75, 3.05) is 5.73 Å². The van der Waals surface area contributed by atoms with Crippen LogP contribution in [0.5, 0.6) is 0 Å². The quantitative estimate of drug-likeness (QED) is 0.512. The van der Waals surface area contributed by atoms with Gasteiger partial charge in [-0.3, -0.25) is 10.1 Å². The summed E-state index contributed by atoms with van der Waals surface area (Å²) in [6.45, 7) is 1.41. The second kappa shape index (κ2) is 7.52. The van der Waals surface area contributed by atoms with Crippen LogP contribution in [0, 0.1) is 17.8 Å². The van der Waals surface area contributed by atoms with E-state index in [4.69, 9.17) is 22.1 Å². The van der Waals surface area contributed by atoms with E-state index < -0.39 is 24.0 Å². The summed E-state index contributed by atoms with van der Waals surface area (Å²) in [4.78, 5) is 37.1. The molecular formula is C21H26ClN3O4. The molecule has 7 nitrogen and oxygen atoms in total. The molecule has 3 amide bonds. The van der Waals surface area contributed by atoms with Crippen molar-refractivity contribution in [1.29, 1.82) is 0 Å². The smallest absolute Gasteiger partial charge is 0.341 e. The lowest BCUT2D eigenvalue weighted by molar-refractivity contribution is -0.128. The maximum atomic E-state index is 12.5. The lowest BCUT2D eigenvalue weighted by Crippen LogP contribution is -2.62. The van der Waals surface area contributed by atoms with Crippen LogP contribution in [0.25, 0.3) is 0 Å². The van der Waals surface area contributed by atoms with Gasteiger partial charge in [-0.05, 0) is 81.4 Å². The van der Waals surface area contributed by atoms with E-state index in [1.54, 1.807) is 0 Å². The van der Waals surface area contributed by atoms with Gasteiger partial charge in [0.05, 0.1) is 5.56 Å². The minimum absolute atomic E-state index is 0.118. The molecule has 4 aliphatic carbocycles. The number of carbonyl (C=O) groups is 3. The summed E-state index contributed by atoms with van der Waals surface area (Å²) in [6.07, 6.45) is 5.62. The van der Waals surface area contributed by atoms with Gasteiger partial charge in [-0.1, -0.05) is 11.6 Å². The number of nitrogen functional groups attached to an aromatic ring is 1. The Kier molecular flexibility index (Phi) is 5.19. The molecule has 0 saturated heterocycles. The normalized spacial score (nSPS) is 30.5. The Hall–Kier alpha value is -2.28. The number of hydrogen-bond acceptors (Lipinski definition) is 5. The zero-order valence-corrected chi connectivity index (χ0v) is 17.1. The summed E-state index contributed by atoms with van der Waals surface area (Å²) >= 11 is 5.82. The van der Waals surface area contributed by atoms with E-state index in [-0.39, 0.29) is 16.8 Å². The third-order valence-electron chi connectivity index (χ3n) is 6.54. The minimum Gasteiger partial charge on any atom is -0.449 e. The van der Waals surface area contributed by atoms with Crippen LogP contribution in [0.4, 0.5) is 10.5 Å². The van der Waals surface area contributed by atoms with Crippen molar-refractivity contribution in [3.63, 3.8) is 0 Å². The molecule has 0 unspecified atom stereocenters. The van der Waals surface area contributed by atoms with Crippen LogP contribution in [0.2, 0.25) is 5.02 Å². The molecule has 0 spiro atoms. The largest absolute Gasteiger partial charge is 0.449 e. The lowest BCUT2D eigenvalue weighted by Gasteiger charge is -2.56. The molecule has 29 heavy (non-hydrogen) atoms. The molecule has 4 saturated carbocycles. The topological polar surface area (TPSA) is 111 Å². The maximum Gasteiger partial charge on any atom is 0.341 e. The second-order valence-corrected chi connectivity index (χ2v) is 9.36. The van der Waals surface area contributed by atoms with E-state index >= 15 is 0 Å². The summed E-state index contributed by atoms with van der Waals surface area (Å²) in [7, 11) is 0.